The molecule has 2 aromatic heterocycles. The molecule has 324 valence electrons. The molecule has 11 aromatic carbocycles. The van der Waals surface area contributed by atoms with Gasteiger partial charge in [-0.3, -0.25) is 0 Å². The summed E-state index contributed by atoms with van der Waals surface area (Å²) in [6, 6.07) is 96.0. The van der Waals surface area contributed by atoms with Gasteiger partial charge in [0.15, 0.2) is 0 Å². The first-order chi connectivity index (χ1) is 34.2. The normalized spacial score (nSPS) is 11.5. The van der Waals surface area contributed by atoms with E-state index in [2.05, 4.69) is 264 Å². The average molecular weight is 881 g/mol. The molecule has 0 saturated heterocycles. The number of benzene rings is 11. The van der Waals surface area contributed by atoms with Crippen molar-refractivity contribution in [3.05, 3.63) is 267 Å². The van der Waals surface area contributed by atoms with Crippen molar-refractivity contribution in [2.24, 2.45) is 0 Å². The molecule has 0 aliphatic carbocycles. The molecule has 13 rings (SSSR count). The number of aromatic nitrogens is 1. The molecule has 0 aliphatic rings. The van der Waals surface area contributed by atoms with Gasteiger partial charge in [0.25, 0.3) is 0 Å². The molecule has 0 N–H and O–H groups in total. The number of nitrogens with zero attached hydrogens (tertiary/aromatic N) is 2. The highest BCUT2D eigenvalue weighted by molar-refractivity contribution is 6.11. The van der Waals surface area contributed by atoms with Crippen molar-refractivity contribution in [2.45, 2.75) is 0 Å². The van der Waals surface area contributed by atoms with E-state index in [1.54, 1.807) is 0 Å². The van der Waals surface area contributed by atoms with Gasteiger partial charge in [-0.1, -0.05) is 200 Å². The fraction of sp³-hybridized carbons (Fsp3) is 0. The van der Waals surface area contributed by atoms with Gasteiger partial charge in [-0.15, -0.1) is 0 Å². The van der Waals surface area contributed by atoms with E-state index in [-0.39, 0.29) is 0 Å². The third-order valence-corrected chi connectivity index (χ3v) is 13.6. The Morgan fingerprint density at radius 3 is 1.51 bits per heavy atom. The Balaban J connectivity index is 0.874. The maximum atomic E-state index is 6.52. The van der Waals surface area contributed by atoms with Crippen LogP contribution in [0.5, 0.6) is 0 Å². The highest BCUT2D eigenvalue weighted by atomic mass is 16.3. The van der Waals surface area contributed by atoms with Gasteiger partial charge < -0.3 is 13.9 Å². The van der Waals surface area contributed by atoms with Crippen molar-refractivity contribution in [2.75, 3.05) is 4.90 Å². The zero-order chi connectivity index (χ0) is 45.7. The van der Waals surface area contributed by atoms with E-state index >= 15 is 0 Å². The molecular weight excluding hydrogens is 837 g/mol. The van der Waals surface area contributed by atoms with Gasteiger partial charge in [-0.25, -0.2) is 0 Å². The van der Waals surface area contributed by atoms with Crippen molar-refractivity contribution in [3.8, 4) is 61.3 Å². The van der Waals surface area contributed by atoms with Crippen molar-refractivity contribution < 1.29 is 4.42 Å². The van der Waals surface area contributed by atoms with Crippen LogP contribution in [-0.4, -0.2) is 4.57 Å². The van der Waals surface area contributed by atoms with Gasteiger partial charge in [-0.05, 0) is 111 Å². The molecule has 3 heteroatoms. The SMILES string of the molecule is c1ccc(-c2cccc(N(c3ccc(-c4cccc(-c5ccccc5-n5c6ccccc6c6ccccc65)c4)cc3)c3ccc(-c4ccccc4-c4cccc5c4oc4ccccc45)cc3)c2)cc1. The molecule has 0 spiro atoms. The lowest BCUT2D eigenvalue weighted by Crippen LogP contribution is -2.10. The first-order valence-electron chi connectivity index (χ1n) is 23.6. The first kappa shape index (κ1) is 40.1. The Morgan fingerprint density at radius 1 is 0.275 bits per heavy atom. The lowest BCUT2D eigenvalue weighted by atomic mass is 9.93. The maximum absolute atomic E-state index is 6.52. The second kappa shape index (κ2) is 16.9. The smallest absolute Gasteiger partial charge is 0.143 e. The number of hydrogen-bond acceptors (Lipinski definition) is 2. The van der Waals surface area contributed by atoms with Crippen molar-refractivity contribution in [1.29, 1.82) is 0 Å². The number of fused-ring (bicyclic) bond motifs is 6. The molecule has 69 heavy (non-hydrogen) atoms. The molecule has 0 bridgehead atoms. The Hall–Kier alpha value is -9.18. The van der Waals surface area contributed by atoms with Gasteiger partial charge in [0.1, 0.15) is 11.2 Å². The minimum Gasteiger partial charge on any atom is -0.455 e. The van der Waals surface area contributed by atoms with Gasteiger partial charge >= 0.3 is 0 Å². The monoisotopic (exact) mass is 880 g/mol. The second-order valence-electron chi connectivity index (χ2n) is 17.6. The van der Waals surface area contributed by atoms with Gasteiger partial charge in [0.2, 0.25) is 0 Å². The van der Waals surface area contributed by atoms with Crippen LogP contribution in [0, 0.1) is 0 Å². The molecule has 0 amide bonds. The predicted octanol–water partition coefficient (Wildman–Crippen LogP) is 18.5. The van der Waals surface area contributed by atoms with Crippen molar-refractivity contribution >= 4 is 60.8 Å². The summed E-state index contributed by atoms with van der Waals surface area (Å²) in [5.41, 5.74) is 20.1. The summed E-state index contributed by atoms with van der Waals surface area (Å²) in [4.78, 5) is 2.36. The number of furan rings is 1. The molecule has 0 unspecified atom stereocenters. The molecule has 3 nitrogen and oxygen atoms in total. The summed E-state index contributed by atoms with van der Waals surface area (Å²) in [6.45, 7) is 0. The maximum Gasteiger partial charge on any atom is 0.143 e. The second-order valence-corrected chi connectivity index (χ2v) is 17.6. The molecule has 13 aromatic rings. The lowest BCUT2D eigenvalue weighted by molar-refractivity contribution is 0.670. The molecule has 0 saturated carbocycles. The quantitative estimate of drug-likeness (QED) is 0.144. The van der Waals surface area contributed by atoms with Gasteiger partial charge in [0.05, 0.1) is 16.7 Å². The van der Waals surface area contributed by atoms with E-state index in [9.17, 15) is 0 Å². The number of hydrogen-bond donors (Lipinski definition) is 0. The van der Waals surface area contributed by atoms with E-state index in [0.29, 0.717) is 0 Å². The Labute approximate surface area is 401 Å². The Bertz CT molecular complexity index is 3960. The summed E-state index contributed by atoms with van der Waals surface area (Å²) in [5, 5.41) is 4.77. The Kier molecular flexibility index (Phi) is 9.84. The standard InChI is InChI=1S/C66H44N2O/c1-2-17-45(18-3-1)49-20-15-22-53(44-49)67(52-41-37-47(38-42-52)54-23-4-5-25-56(54)60-29-16-30-61-59-28-9-13-34-65(59)69-66(60)61)51-39-35-46(36-40-51)48-19-14-21-50(43-48)55-24-6-10-31-62(55)68-63-32-11-7-26-57(63)58-27-8-12-33-64(58)68/h1-44H. The summed E-state index contributed by atoms with van der Waals surface area (Å²) in [6.07, 6.45) is 0. The fourth-order valence-electron chi connectivity index (χ4n) is 10.4. The van der Waals surface area contributed by atoms with E-state index in [4.69, 9.17) is 4.42 Å². The number of anilines is 3. The molecular formula is C66H44N2O. The summed E-state index contributed by atoms with van der Waals surface area (Å²) >= 11 is 0. The predicted molar refractivity (Wildman–Crippen MR) is 290 cm³/mol. The topological polar surface area (TPSA) is 21.3 Å². The lowest BCUT2D eigenvalue weighted by Gasteiger charge is -2.26. The molecule has 2 heterocycles. The average Bonchev–Trinajstić information content (AvgIpc) is 3.98. The fourth-order valence-corrected chi connectivity index (χ4v) is 10.4. The van der Waals surface area contributed by atoms with Crippen LogP contribution in [-0.2, 0) is 0 Å². The van der Waals surface area contributed by atoms with Gasteiger partial charge in [-0.2, -0.15) is 0 Å². The van der Waals surface area contributed by atoms with Gasteiger partial charge in [0, 0.05) is 49.7 Å². The van der Waals surface area contributed by atoms with Crippen LogP contribution in [0.4, 0.5) is 17.1 Å². The van der Waals surface area contributed by atoms with Crippen LogP contribution in [0.25, 0.3) is 105 Å². The molecule has 0 fully saturated rings. The van der Waals surface area contributed by atoms with Crippen LogP contribution in [0.2, 0.25) is 0 Å². The summed E-state index contributed by atoms with van der Waals surface area (Å²) in [7, 11) is 0. The van der Waals surface area contributed by atoms with E-state index in [1.165, 1.54) is 38.5 Å². The Morgan fingerprint density at radius 2 is 0.768 bits per heavy atom. The van der Waals surface area contributed by atoms with Crippen LogP contribution in [0.15, 0.2) is 271 Å². The zero-order valence-electron chi connectivity index (χ0n) is 37.7. The largest absolute Gasteiger partial charge is 0.455 e. The third-order valence-electron chi connectivity index (χ3n) is 13.6. The summed E-state index contributed by atoms with van der Waals surface area (Å²) < 4.78 is 8.93. The first-order valence-corrected chi connectivity index (χ1v) is 23.6. The third kappa shape index (κ3) is 7.08. The molecule has 0 aliphatic heterocycles. The summed E-state index contributed by atoms with van der Waals surface area (Å²) in [5.74, 6) is 0. The molecule has 0 radical (unpaired) electrons. The van der Waals surface area contributed by atoms with Crippen LogP contribution in [0.1, 0.15) is 0 Å². The van der Waals surface area contributed by atoms with Crippen LogP contribution < -0.4 is 4.90 Å². The van der Waals surface area contributed by atoms with Crippen molar-refractivity contribution in [3.63, 3.8) is 0 Å². The zero-order valence-corrected chi connectivity index (χ0v) is 37.7. The van der Waals surface area contributed by atoms with E-state index < -0.39 is 0 Å². The number of para-hydroxylation sites is 5. The molecule has 0 atom stereocenters. The van der Waals surface area contributed by atoms with Crippen LogP contribution >= 0.6 is 0 Å². The highest BCUT2D eigenvalue weighted by Gasteiger charge is 2.19. The van der Waals surface area contributed by atoms with E-state index in [1.807, 2.05) is 12.1 Å². The minimum absolute atomic E-state index is 0.900. The minimum atomic E-state index is 0.900. The van der Waals surface area contributed by atoms with Crippen LogP contribution in [0.3, 0.4) is 0 Å². The van der Waals surface area contributed by atoms with E-state index in [0.717, 1.165) is 83.6 Å². The van der Waals surface area contributed by atoms with Crippen molar-refractivity contribution in [1.82, 2.24) is 4.57 Å². The highest BCUT2D eigenvalue weighted by Crippen LogP contribution is 2.43. The number of rotatable bonds is 9.